The van der Waals surface area contributed by atoms with E-state index in [2.05, 4.69) is 6.92 Å². The number of aliphatic hydroxyl groups is 2. The van der Waals surface area contributed by atoms with Crippen LogP contribution in [0.4, 0.5) is 0 Å². The molecule has 0 aromatic carbocycles. The Morgan fingerprint density at radius 3 is 2.89 bits per heavy atom. The van der Waals surface area contributed by atoms with Crippen LogP contribution in [0.15, 0.2) is 11.1 Å². The molecule has 0 amide bonds. The smallest absolute Gasteiger partial charge is 0.334 e. The molecule has 7 heteroatoms. The summed E-state index contributed by atoms with van der Waals surface area (Å²) in [6, 6.07) is 0. The lowest BCUT2D eigenvalue weighted by molar-refractivity contribution is -0.136. The highest BCUT2D eigenvalue weighted by atomic mass is 35.5. The molecule has 1 unspecified atom stereocenters. The molecule has 0 aromatic rings. The first-order chi connectivity index (χ1) is 12.8. The maximum Gasteiger partial charge on any atom is 0.334 e. The Kier molecular flexibility index (Phi) is 3.13. The number of rotatable bonds is 2. The van der Waals surface area contributed by atoms with E-state index >= 15 is 0 Å². The fourth-order valence-corrected chi connectivity index (χ4v) is 7.96. The van der Waals surface area contributed by atoms with E-state index in [0.29, 0.717) is 13.0 Å². The summed E-state index contributed by atoms with van der Waals surface area (Å²) < 4.78 is 18.0. The second-order valence-electron chi connectivity index (χ2n) is 9.59. The first kappa shape index (κ1) is 17.2. The van der Waals surface area contributed by atoms with Crippen LogP contribution in [0.2, 0.25) is 0 Å². The van der Waals surface area contributed by atoms with E-state index in [1.54, 1.807) is 0 Å². The largest absolute Gasteiger partial charge is 0.458 e. The normalized spacial score (nSPS) is 58.3. The number of halogens is 1. The number of ether oxygens (including phenoxy) is 3. The fourth-order valence-electron chi connectivity index (χ4n) is 7.34. The predicted molar refractivity (Wildman–Crippen MR) is 94.0 cm³/mol. The minimum atomic E-state index is -0.763. The molecule has 3 heterocycles. The number of fused-ring (bicyclic) bond motifs is 2. The van der Waals surface area contributed by atoms with E-state index in [4.69, 9.17) is 25.8 Å². The highest BCUT2D eigenvalue weighted by Gasteiger charge is 2.94. The van der Waals surface area contributed by atoms with Gasteiger partial charge in [-0.05, 0) is 36.7 Å². The summed E-state index contributed by atoms with van der Waals surface area (Å²) in [5.74, 6) is -0.420. The van der Waals surface area contributed by atoms with Crippen LogP contribution in [0, 0.1) is 23.2 Å². The number of aliphatic hydroxyl groups excluding tert-OH is 2. The lowest BCUT2D eigenvalue weighted by atomic mass is 9.46. The SMILES string of the molecule is CC(CO)[C@@H]1[C@H](Cl)[C@@H]2O[C@]23[C@]2(O[C@H]2C[C@H]2C4=C(CC[C@@]23C)C(=O)OC4)[C@@H]1O. The standard InChI is InChI=1S/C20H25ClO6/c1-8(6-22)13-14(21)16-20(27-16)18(2)4-3-9-10(7-25-17(9)24)11(18)5-12-19(20,26-12)15(13)23/h8,11-16,22-23H,3-7H2,1-2H3/t8?,11-,12-,13+,14-,15+,16-,18-,19+,20+/m0/s1. The number of epoxide rings is 2. The van der Waals surface area contributed by atoms with Gasteiger partial charge < -0.3 is 24.4 Å². The number of alkyl halides is 1. The van der Waals surface area contributed by atoms with E-state index in [1.165, 1.54) is 0 Å². The van der Waals surface area contributed by atoms with Crippen molar-refractivity contribution in [3.05, 3.63) is 11.1 Å². The maximum absolute atomic E-state index is 12.1. The van der Waals surface area contributed by atoms with Crippen LogP contribution in [0.25, 0.3) is 0 Å². The summed E-state index contributed by atoms with van der Waals surface area (Å²) in [7, 11) is 0. The highest BCUT2D eigenvalue weighted by molar-refractivity contribution is 6.21. The van der Waals surface area contributed by atoms with Crippen molar-refractivity contribution in [3.8, 4) is 0 Å². The molecule has 6 rings (SSSR count). The number of carbonyl (C=O) groups excluding carboxylic acids is 1. The first-order valence-corrected chi connectivity index (χ1v) is 10.4. The number of hydrogen-bond acceptors (Lipinski definition) is 6. The van der Waals surface area contributed by atoms with Gasteiger partial charge in [0.15, 0.2) is 5.60 Å². The van der Waals surface area contributed by atoms with Crippen molar-refractivity contribution in [2.75, 3.05) is 13.2 Å². The van der Waals surface area contributed by atoms with Gasteiger partial charge in [-0.2, -0.15) is 0 Å². The topological polar surface area (TPSA) is 91.8 Å². The second-order valence-corrected chi connectivity index (χ2v) is 10.1. The number of esters is 1. The van der Waals surface area contributed by atoms with Crippen molar-refractivity contribution in [1.82, 2.24) is 0 Å². The van der Waals surface area contributed by atoms with Crippen LogP contribution in [-0.4, -0.2) is 64.3 Å². The molecular weight excluding hydrogens is 372 g/mol. The average Bonchev–Trinajstić information content (AvgIpc) is 3.52. The van der Waals surface area contributed by atoms with Gasteiger partial charge in [0.05, 0.1) is 17.6 Å². The molecule has 0 radical (unpaired) electrons. The van der Waals surface area contributed by atoms with Gasteiger partial charge in [-0.25, -0.2) is 4.79 Å². The Morgan fingerprint density at radius 2 is 2.15 bits per heavy atom. The zero-order valence-electron chi connectivity index (χ0n) is 15.5. The monoisotopic (exact) mass is 396 g/mol. The molecular formula is C20H25ClO6. The van der Waals surface area contributed by atoms with Gasteiger partial charge >= 0.3 is 5.97 Å². The third-order valence-electron chi connectivity index (χ3n) is 8.78. The molecule has 10 atom stereocenters. The molecule has 0 aromatic heterocycles. The van der Waals surface area contributed by atoms with Gasteiger partial charge in [-0.1, -0.05) is 13.8 Å². The molecule has 6 aliphatic rings. The van der Waals surface area contributed by atoms with Crippen LogP contribution >= 0.6 is 11.6 Å². The molecule has 2 N–H and O–H groups in total. The summed E-state index contributed by atoms with van der Waals surface area (Å²) >= 11 is 6.82. The lowest BCUT2D eigenvalue weighted by Crippen LogP contribution is -2.69. The highest BCUT2D eigenvalue weighted by Crippen LogP contribution is 2.79. The van der Waals surface area contributed by atoms with Crippen LogP contribution in [-0.2, 0) is 19.0 Å². The minimum Gasteiger partial charge on any atom is -0.458 e. The van der Waals surface area contributed by atoms with Crippen molar-refractivity contribution in [2.45, 2.75) is 68.0 Å². The van der Waals surface area contributed by atoms with Gasteiger partial charge in [0.2, 0.25) is 0 Å². The quantitative estimate of drug-likeness (QED) is 0.413. The van der Waals surface area contributed by atoms with Crippen LogP contribution < -0.4 is 0 Å². The number of carbonyl (C=O) groups is 1. The average molecular weight is 397 g/mol. The summed E-state index contributed by atoms with van der Waals surface area (Å²) in [5, 5.41) is 20.7. The summed E-state index contributed by atoms with van der Waals surface area (Å²) in [4.78, 5) is 12.1. The molecule has 2 saturated heterocycles. The van der Waals surface area contributed by atoms with Crippen LogP contribution in [0.5, 0.6) is 0 Å². The van der Waals surface area contributed by atoms with Crippen molar-refractivity contribution >= 4 is 17.6 Å². The lowest BCUT2D eigenvalue weighted by Gasteiger charge is -2.55. The van der Waals surface area contributed by atoms with Gasteiger partial charge in [0, 0.05) is 23.5 Å². The van der Waals surface area contributed by atoms with Crippen LogP contribution in [0.3, 0.4) is 0 Å². The zero-order valence-corrected chi connectivity index (χ0v) is 16.2. The molecule has 27 heavy (non-hydrogen) atoms. The zero-order chi connectivity index (χ0) is 18.9. The third kappa shape index (κ3) is 1.62. The van der Waals surface area contributed by atoms with Crippen LogP contribution in [0.1, 0.15) is 33.1 Å². The fraction of sp³-hybridized carbons (Fsp3) is 0.850. The summed E-state index contributed by atoms with van der Waals surface area (Å²) in [6.45, 7) is 4.47. The summed E-state index contributed by atoms with van der Waals surface area (Å²) in [6.07, 6.45) is 1.19. The number of cyclic esters (lactones) is 1. The van der Waals surface area contributed by atoms with E-state index in [9.17, 15) is 15.0 Å². The van der Waals surface area contributed by atoms with Gasteiger partial charge in [0.1, 0.15) is 18.3 Å². The Balaban J connectivity index is 1.46. The maximum atomic E-state index is 12.1. The van der Waals surface area contributed by atoms with E-state index in [-0.39, 0.29) is 53.3 Å². The Labute approximate surface area is 162 Å². The van der Waals surface area contributed by atoms with Crippen molar-refractivity contribution in [1.29, 1.82) is 0 Å². The molecule has 0 bridgehead atoms. The Morgan fingerprint density at radius 1 is 1.37 bits per heavy atom. The van der Waals surface area contributed by atoms with Gasteiger partial charge in [-0.3, -0.25) is 0 Å². The molecule has 4 fully saturated rings. The molecule has 2 saturated carbocycles. The minimum absolute atomic E-state index is 0.0268. The molecule has 3 aliphatic carbocycles. The third-order valence-corrected chi connectivity index (χ3v) is 9.30. The first-order valence-electron chi connectivity index (χ1n) is 10.0. The number of hydrogen-bond donors (Lipinski definition) is 2. The van der Waals surface area contributed by atoms with Gasteiger partial charge in [0.25, 0.3) is 0 Å². The summed E-state index contributed by atoms with van der Waals surface area (Å²) in [5.41, 5.74) is 0.343. The van der Waals surface area contributed by atoms with Crippen molar-refractivity contribution in [2.24, 2.45) is 23.2 Å². The van der Waals surface area contributed by atoms with E-state index in [1.807, 2.05) is 6.92 Å². The van der Waals surface area contributed by atoms with E-state index in [0.717, 1.165) is 24.0 Å². The molecule has 2 spiro atoms. The second kappa shape index (κ2) is 4.90. The predicted octanol–water partition coefficient (Wildman–Crippen LogP) is 1.16. The molecule has 148 valence electrons. The van der Waals surface area contributed by atoms with E-state index < -0.39 is 17.3 Å². The molecule has 6 nitrogen and oxygen atoms in total. The van der Waals surface area contributed by atoms with Crippen molar-refractivity contribution in [3.63, 3.8) is 0 Å². The Hall–Kier alpha value is -0.660. The molecule has 3 aliphatic heterocycles. The van der Waals surface area contributed by atoms with Crippen molar-refractivity contribution < 1.29 is 29.2 Å². The Bertz CT molecular complexity index is 782. The van der Waals surface area contributed by atoms with Gasteiger partial charge in [-0.15, -0.1) is 11.6 Å².